The topological polar surface area (TPSA) is 37.4 Å². The fraction of sp³-hybridized carbons (Fsp3) is 0.385. The Bertz CT molecular complexity index is 465. The van der Waals surface area contributed by atoms with E-state index in [2.05, 4.69) is 0 Å². The van der Waals surface area contributed by atoms with Gasteiger partial charge in [-0.2, -0.15) is 0 Å². The molecular formula is C13H15NO2. The highest BCUT2D eigenvalue weighted by molar-refractivity contribution is 6.06. The van der Waals surface area contributed by atoms with Crippen molar-refractivity contribution in [2.24, 2.45) is 0 Å². The molecule has 0 aromatic heterocycles. The summed E-state index contributed by atoms with van der Waals surface area (Å²) in [6, 6.07) is 5.99. The molecule has 0 spiro atoms. The zero-order valence-corrected chi connectivity index (χ0v) is 9.78. The molecule has 2 rings (SSSR count). The molecule has 0 saturated carbocycles. The number of nitrogens with zero attached hydrogens (tertiary/aromatic N) is 1. The van der Waals surface area contributed by atoms with E-state index < -0.39 is 0 Å². The van der Waals surface area contributed by atoms with Crippen LogP contribution in [0, 0.1) is 13.8 Å². The molecule has 1 fully saturated rings. The lowest BCUT2D eigenvalue weighted by Crippen LogP contribution is -2.25. The maximum absolute atomic E-state index is 11.9. The highest BCUT2D eigenvalue weighted by Gasteiger charge is 2.37. The predicted octanol–water partition coefficient (Wildman–Crippen LogP) is 1.78. The summed E-state index contributed by atoms with van der Waals surface area (Å²) in [5.74, 6) is -0.454. The Labute approximate surface area is 95.1 Å². The summed E-state index contributed by atoms with van der Waals surface area (Å²) in [7, 11) is 1.55. The van der Waals surface area contributed by atoms with Gasteiger partial charge in [0.25, 0.3) is 0 Å². The van der Waals surface area contributed by atoms with Gasteiger partial charge in [0.15, 0.2) is 0 Å². The van der Waals surface area contributed by atoms with Gasteiger partial charge in [-0.1, -0.05) is 23.8 Å². The van der Waals surface area contributed by atoms with Gasteiger partial charge in [-0.3, -0.25) is 14.5 Å². The van der Waals surface area contributed by atoms with E-state index in [0.29, 0.717) is 6.42 Å². The van der Waals surface area contributed by atoms with Crippen LogP contribution >= 0.6 is 0 Å². The van der Waals surface area contributed by atoms with E-state index in [1.165, 1.54) is 10.5 Å². The van der Waals surface area contributed by atoms with Crippen molar-refractivity contribution in [2.45, 2.75) is 26.2 Å². The smallest absolute Gasteiger partial charge is 0.236 e. The normalized spacial score (nSPS) is 20.7. The molecule has 0 bridgehead atoms. The number of hydrogen-bond donors (Lipinski definition) is 0. The van der Waals surface area contributed by atoms with Crippen LogP contribution in [0.5, 0.6) is 0 Å². The molecule has 1 aromatic rings. The van der Waals surface area contributed by atoms with Gasteiger partial charge < -0.3 is 0 Å². The molecule has 1 atom stereocenters. The number of hydrogen-bond acceptors (Lipinski definition) is 2. The number of benzene rings is 1. The molecule has 3 nitrogen and oxygen atoms in total. The first kappa shape index (κ1) is 10.9. The number of carbonyl (C=O) groups excluding carboxylic acids is 2. The van der Waals surface area contributed by atoms with Crippen molar-refractivity contribution in [2.75, 3.05) is 7.05 Å². The molecule has 1 heterocycles. The maximum atomic E-state index is 11.9. The average Bonchev–Trinajstić information content (AvgIpc) is 2.46. The van der Waals surface area contributed by atoms with Crippen LogP contribution in [-0.4, -0.2) is 23.8 Å². The predicted molar refractivity (Wildman–Crippen MR) is 61.1 cm³/mol. The zero-order valence-electron chi connectivity index (χ0n) is 9.78. The van der Waals surface area contributed by atoms with E-state index in [1.807, 2.05) is 32.0 Å². The summed E-state index contributed by atoms with van der Waals surface area (Å²) in [5.41, 5.74) is 3.24. The molecule has 0 radical (unpaired) electrons. The second-order valence-corrected chi connectivity index (χ2v) is 4.41. The van der Waals surface area contributed by atoms with Crippen LogP contribution in [0.15, 0.2) is 18.2 Å². The molecule has 1 aromatic carbocycles. The van der Waals surface area contributed by atoms with Gasteiger partial charge in [-0.05, 0) is 25.0 Å². The third-order valence-corrected chi connectivity index (χ3v) is 3.18. The van der Waals surface area contributed by atoms with E-state index in [9.17, 15) is 9.59 Å². The second kappa shape index (κ2) is 3.74. The molecule has 1 saturated heterocycles. The Balaban J connectivity index is 2.39. The number of rotatable bonds is 1. The quantitative estimate of drug-likeness (QED) is 0.672. The van der Waals surface area contributed by atoms with Gasteiger partial charge >= 0.3 is 0 Å². The first-order valence-electron chi connectivity index (χ1n) is 5.38. The van der Waals surface area contributed by atoms with Crippen LogP contribution in [0.1, 0.15) is 29.0 Å². The van der Waals surface area contributed by atoms with Crippen molar-refractivity contribution in [1.29, 1.82) is 0 Å². The summed E-state index contributed by atoms with van der Waals surface area (Å²) in [5, 5.41) is 0. The van der Waals surface area contributed by atoms with Crippen molar-refractivity contribution < 1.29 is 9.59 Å². The van der Waals surface area contributed by atoms with E-state index >= 15 is 0 Å². The summed E-state index contributed by atoms with van der Waals surface area (Å²) >= 11 is 0. The minimum atomic E-state index is -0.280. The average molecular weight is 217 g/mol. The first-order chi connectivity index (χ1) is 7.50. The SMILES string of the molecule is Cc1ccc(C2CC(=O)N(C)C2=O)c(C)c1. The Kier molecular flexibility index (Phi) is 2.54. The fourth-order valence-corrected chi connectivity index (χ4v) is 2.22. The van der Waals surface area contributed by atoms with Crippen LogP contribution in [0.25, 0.3) is 0 Å². The van der Waals surface area contributed by atoms with E-state index in [1.54, 1.807) is 7.05 Å². The number of likely N-dealkylation sites (tertiary alicyclic amines) is 1. The number of carbonyl (C=O) groups is 2. The lowest BCUT2D eigenvalue weighted by atomic mass is 9.92. The van der Waals surface area contributed by atoms with E-state index in [4.69, 9.17) is 0 Å². The number of aryl methyl sites for hydroxylation is 2. The number of imide groups is 1. The Morgan fingerprint density at radius 1 is 1.25 bits per heavy atom. The Morgan fingerprint density at radius 3 is 2.44 bits per heavy atom. The first-order valence-corrected chi connectivity index (χ1v) is 5.38. The Morgan fingerprint density at radius 2 is 1.94 bits per heavy atom. The van der Waals surface area contributed by atoms with Crippen molar-refractivity contribution in [3.63, 3.8) is 0 Å². The molecule has 84 valence electrons. The summed E-state index contributed by atoms with van der Waals surface area (Å²) in [4.78, 5) is 24.5. The third-order valence-electron chi connectivity index (χ3n) is 3.18. The molecule has 3 heteroatoms. The zero-order chi connectivity index (χ0) is 11.9. The van der Waals surface area contributed by atoms with Gasteiger partial charge in [-0.15, -0.1) is 0 Å². The summed E-state index contributed by atoms with van der Waals surface area (Å²) in [6.07, 6.45) is 0.305. The lowest BCUT2D eigenvalue weighted by Gasteiger charge is -2.12. The monoisotopic (exact) mass is 217 g/mol. The lowest BCUT2D eigenvalue weighted by molar-refractivity contribution is -0.137. The van der Waals surface area contributed by atoms with Gasteiger partial charge in [0.05, 0.1) is 5.92 Å². The maximum Gasteiger partial charge on any atom is 0.236 e. The van der Waals surface area contributed by atoms with E-state index in [-0.39, 0.29) is 17.7 Å². The summed E-state index contributed by atoms with van der Waals surface area (Å²) < 4.78 is 0. The van der Waals surface area contributed by atoms with Crippen molar-refractivity contribution >= 4 is 11.8 Å². The van der Waals surface area contributed by atoms with Crippen LogP contribution in [-0.2, 0) is 9.59 Å². The molecule has 1 aliphatic heterocycles. The summed E-state index contributed by atoms with van der Waals surface area (Å²) in [6.45, 7) is 4.00. The van der Waals surface area contributed by atoms with Gasteiger partial charge in [0.1, 0.15) is 0 Å². The molecule has 0 aliphatic carbocycles. The number of amides is 2. The minimum Gasteiger partial charge on any atom is -0.285 e. The van der Waals surface area contributed by atoms with Gasteiger partial charge in [-0.25, -0.2) is 0 Å². The highest BCUT2D eigenvalue weighted by atomic mass is 16.2. The van der Waals surface area contributed by atoms with Crippen LogP contribution in [0.3, 0.4) is 0 Å². The van der Waals surface area contributed by atoms with Crippen LogP contribution in [0.4, 0.5) is 0 Å². The molecule has 0 N–H and O–H groups in total. The standard InChI is InChI=1S/C13H15NO2/c1-8-4-5-10(9(2)6-8)11-7-12(15)14(3)13(11)16/h4-6,11H,7H2,1-3H3. The van der Waals surface area contributed by atoms with Crippen LogP contribution < -0.4 is 0 Å². The molecule has 2 amide bonds. The third kappa shape index (κ3) is 1.62. The molecule has 16 heavy (non-hydrogen) atoms. The Hall–Kier alpha value is -1.64. The van der Waals surface area contributed by atoms with Crippen LogP contribution in [0.2, 0.25) is 0 Å². The fourth-order valence-electron chi connectivity index (χ4n) is 2.22. The second-order valence-electron chi connectivity index (χ2n) is 4.41. The molecule has 1 aliphatic rings. The van der Waals surface area contributed by atoms with Gasteiger partial charge in [0, 0.05) is 13.5 Å². The van der Waals surface area contributed by atoms with Gasteiger partial charge in [0.2, 0.25) is 11.8 Å². The van der Waals surface area contributed by atoms with E-state index in [0.717, 1.165) is 11.1 Å². The van der Waals surface area contributed by atoms with Crippen molar-refractivity contribution in [3.05, 3.63) is 34.9 Å². The highest BCUT2D eigenvalue weighted by Crippen LogP contribution is 2.30. The molecular weight excluding hydrogens is 202 g/mol. The number of likely N-dealkylation sites (N-methyl/N-ethyl adjacent to an activating group) is 1. The largest absolute Gasteiger partial charge is 0.285 e. The molecule has 1 unspecified atom stereocenters. The minimum absolute atomic E-state index is 0.0862. The van der Waals surface area contributed by atoms with Crippen molar-refractivity contribution in [3.8, 4) is 0 Å². The van der Waals surface area contributed by atoms with Crippen molar-refractivity contribution in [1.82, 2.24) is 4.90 Å².